The maximum absolute atomic E-state index is 13.6. The standard InChI is InChI=1S/C31H30N2O2/c1-24-13-17-28(18-14-24)32(22-26-9-5-3-6-10-26)30(34)21-31(35)33(23-27-11-7-4-8-12-27)29-19-15-25(2)16-20-29/h3-20H,21-23H2,1-2H3. The lowest BCUT2D eigenvalue weighted by molar-refractivity contribution is -0.126. The number of hydrogen-bond acceptors (Lipinski definition) is 2. The van der Waals surface area contributed by atoms with Crippen LogP contribution in [0.2, 0.25) is 0 Å². The molecule has 0 aliphatic rings. The van der Waals surface area contributed by atoms with E-state index < -0.39 is 0 Å². The number of anilines is 2. The van der Waals surface area contributed by atoms with E-state index in [9.17, 15) is 9.59 Å². The molecule has 35 heavy (non-hydrogen) atoms. The fourth-order valence-electron chi connectivity index (χ4n) is 3.95. The van der Waals surface area contributed by atoms with Gasteiger partial charge in [-0.3, -0.25) is 9.59 Å². The van der Waals surface area contributed by atoms with Crippen LogP contribution in [-0.2, 0) is 22.7 Å². The van der Waals surface area contributed by atoms with E-state index in [1.54, 1.807) is 9.80 Å². The number of aryl methyl sites for hydroxylation is 2. The van der Waals surface area contributed by atoms with Crippen molar-refractivity contribution in [3.8, 4) is 0 Å². The molecular formula is C31H30N2O2. The molecular weight excluding hydrogens is 432 g/mol. The summed E-state index contributed by atoms with van der Waals surface area (Å²) in [6.45, 7) is 4.83. The maximum Gasteiger partial charge on any atom is 0.236 e. The molecule has 0 aliphatic heterocycles. The van der Waals surface area contributed by atoms with Crippen LogP contribution in [0.4, 0.5) is 11.4 Å². The zero-order valence-electron chi connectivity index (χ0n) is 20.2. The molecule has 0 bridgehead atoms. The van der Waals surface area contributed by atoms with Gasteiger partial charge in [0.1, 0.15) is 6.42 Å². The van der Waals surface area contributed by atoms with Crippen molar-refractivity contribution in [2.24, 2.45) is 0 Å². The van der Waals surface area contributed by atoms with Gasteiger partial charge in [-0.2, -0.15) is 0 Å². The van der Waals surface area contributed by atoms with Gasteiger partial charge in [-0.15, -0.1) is 0 Å². The minimum Gasteiger partial charge on any atom is -0.308 e. The van der Waals surface area contributed by atoms with E-state index in [0.29, 0.717) is 13.1 Å². The number of benzene rings is 4. The first-order valence-corrected chi connectivity index (χ1v) is 11.8. The van der Waals surface area contributed by atoms with E-state index in [0.717, 1.165) is 33.6 Å². The Morgan fingerprint density at radius 2 is 0.857 bits per heavy atom. The number of nitrogens with zero attached hydrogens (tertiary/aromatic N) is 2. The van der Waals surface area contributed by atoms with Crippen LogP contribution in [0.25, 0.3) is 0 Å². The van der Waals surface area contributed by atoms with Crippen LogP contribution in [0.5, 0.6) is 0 Å². The van der Waals surface area contributed by atoms with Crippen LogP contribution in [0.15, 0.2) is 109 Å². The molecule has 0 aromatic heterocycles. The van der Waals surface area contributed by atoms with Crippen LogP contribution in [0, 0.1) is 13.8 Å². The van der Waals surface area contributed by atoms with E-state index in [1.165, 1.54) is 0 Å². The molecule has 0 N–H and O–H groups in total. The normalized spacial score (nSPS) is 10.6. The topological polar surface area (TPSA) is 40.6 Å². The maximum atomic E-state index is 13.6. The summed E-state index contributed by atoms with van der Waals surface area (Å²) >= 11 is 0. The minimum absolute atomic E-state index is 0.221. The lowest BCUT2D eigenvalue weighted by atomic mass is 10.1. The minimum atomic E-state index is -0.229. The van der Waals surface area contributed by atoms with Crippen molar-refractivity contribution in [1.82, 2.24) is 0 Å². The molecule has 0 fully saturated rings. The lowest BCUT2D eigenvalue weighted by Gasteiger charge is -2.27. The molecule has 0 aliphatic carbocycles. The zero-order valence-corrected chi connectivity index (χ0v) is 20.2. The Labute approximate surface area is 207 Å². The molecule has 0 atom stereocenters. The fraction of sp³-hybridized carbons (Fsp3) is 0.161. The van der Waals surface area contributed by atoms with Gasteiger partial charge in [0, 0.05) is 11.4 Å². The zero-order chi connectivity index (χ0) is 24.6. The Bertz CT molecular complexity index is 1150. The van der Waals surface area contributed by atoms with Gasteiger partial charge in [0.2, 0.25) is 11.8 Å². The fourth-order valence-corrected chi connectivity index (χ4v) is 3.95. The molecule has 0 spiro atoms. The third kappa shape index (κ3) is 6.45. The number of carbonyl (C=O) groups excluding carboxylic acids is 2. The van der Waals surface area contributed by atoms with Gasteiger partial charge in [0.15, 0.2) is 0 Å². The molecule has 2 amide bonds. The van der Waals surface area contributed by atoms with Crippen molar-refractivity contribution in [3.05, 3.63) is 131 Å². The predicted octanol–water partition coefficient (Wildman–Crippen LogP) is 6.46. The van der Waals surface area contributed by atoms with Crippen LogP contribution in [-0.4, -0.2) is 11.8 Å². The van der Waals surface area contributed by atoms with Crippen molar-refractivity contribution in [2.45, 2.75) is 33.4 Å². The first-order valence-electron chi connectivity index (χ1n) is 11.8. The van der Waals surface area contributed by atoms with Crippen LogP contribution in [0.3, 0.4) is 0 Å². The SMILES string of the molecule is Cc1ccc(N(Cc2ccccc2)C(=O)CC(=O)N(Cc2ccccc2)c2ccc(C)cc2)cc1. The molecule has 4 aromatic carbocycles. The smallest absolute Gasteiger partial charge is 0.236 e. The Hall–Kier alpha value is -4.18. The Balaban J connectivity index is 1.60. The van der Waals surface area contributed by atoms with Crippen molar-refractivity contribution in [2.75, 3.05) is 9.80 Å². The first kappa shape index (κ1) is 24.0. The van der Waals surface area contributed by atoms with Gasteiger partial charge in [0.25, 0.3) is 0 Å². The average Bonchev–Trinajstić information content (AvgIpc) is 2.88. The summed E-state index contributed by atoms with van der Waals surface area (Å²) in [4.78, 5) is 30.5. The quantitative estimate of drug-likeness (QED) is 0.282. The summed E-state index contributed by atoms with van der Waals surface area (Å²) in [5.41, 5.74) is 5.81. The monoisotopic (exact) mass is 462 g/mol. The van der Waals surface area contributed by atoms with Gasteiger partial charge >= 0.3 is 0 Å². The van der Waals surface area contributed by atoms with Gasteiger partial charge < -0.3 is 9.80 Å². The molecule has 4 nitrogen and oxygen atoms in total. The van der Waals surface area contributed by atoms with Crippen LogP contribution < -0.4 is 9.80 Å². The van der Waals surface area contributed by atoms with E-state index in [4.69, 9.17) is 0 Å². The molecule has 0 saturated heterocycles. The highest BCUT2D eigenvalue weighted by Gasteiger charge is 2.24. The van der Waals surface area contributed by atoms with Crippen molar-refractivity contribution in [1.29, 1.82) is 0 Å². The van der Waals surface area contributed by atoms with Crippen molar-refractivity contribution < 1.29 is 9.59 Å². The van der Waals surface area contributed by atoms with E-state index in [2.05, 4.69) is 0 Å². The number of rotatable bonds is 8. The summed E-state index contributed by atoms with van der Waals surface area (Å²) in [6, 6.07) is 35.4. The highest BCUT2D eigenvalue weighted by atomic mass is 16.2. The van der Waals surface area contributed by atoms with E-state index >= 15 is 0 Å². The summed E-state index contributed by atoms with van der Waals surface area (Å²) in [6.07, 6.45) is -0.221. The van der Waals surface area contributed by atoms with Gasteiger partial charge in [0.05, 0.1) is 13.1 Å². The van der Waals surface area contributed by atoms with E-state index in [1.807, 2.05) is 123 Å². The lowest BCUT2D eigenvalue weighted by Crippen LogP contribution is -2.38. The second-order valence-corrected chi connectivity index (χ2v) is 8.78. The third-order valence-corrected chi connectivity index (χ3v) is 5.96. The molecule has 176 valence electrons. The molecule has 0 radical (unpaired) electrons. The first-order chi connectivity index (χ1) is 17.0. The third-order valence-electron chi connectivity index (χ3n) is 5.96. The Morgan fingerprint density at radius 1 is 0.514 bits per heavy atom. The predicted molar refractivity (Wildman–Crippen MR) is 142 cm³/mol. The van der Waals surface area contributed by atoms with Crippen LogP contribution >= 0.6 is 0 Å². The molecule has 0 unspecified atom stereocenters. The molecule has 4 heteroatoms. The molecule has 0 saturated carbocycles. The number of amides is 2. The van der Waals surface area contributed by atoms with Gasteiger partial charge in [-0.1, -0.05) is 96.1 Å². The second-order valence-electron chi connectivity index (χ2n) is 8.78. The highest BCUT2D eigenvalue weighted by molar-refractivity contribution is 6.10. The summed E-state index contributed by atoms with van der Waals surface area (Å²) < 4.78 is 0. The number of carbonyl (C=O) groups is 2. The molecule has 4 rings (SSSR count). The van der Waals surface area contributed by atoms with E-state index in [-0.39, 0.29) is 18.2 Å². The summed E-state index contributed by atoms with van der Waals surface area (Å²) in [7, 11) is 0. The summed E-state index contributed by atoms with van der Waals surface area (Å²) in [5, 5.41) is 0. The molecule has 4 aromatic rings. The molecule has 0 heterocycles. The van der Waals surface area contributed by atoms with Gasteiger partial charge in [-0.25, -0.2) is 0 Å². The Kier molecular flexibility index (Phi) is 7.74. The Morgan fingerprint density at radius 3 is 1.20 bits per heavy atom. The highest BCUT2D eigenvalue weighted by Crippen LogP contribution is 2.23. The largest absolute Gasteiger partial charge is 0.308 e. The van der Waals surface area contributed by atoms with Gasteiger partial charge in [-0.05, 0) is 49.2 Å². The average molecular weight is 463 g/mol. The van der Waals surface area contributed by atoms with Crippen molar-refractivity contribution >= 4 is 23.2 Å². The second kappa shape index (κ2) is 11.3. The number of hydrogen-bond donors (Lipinski definition) is 0. The van der Waals surface area contributed by atoms with Crippen molar-refractivity contribution in [3.63, 3.8) is 0 Å². The van der Waals surface area contributed by atoms with Crippen LogP contribution in [0.1, 0.15) is 28.7 Å². The summed E-state index contributed by atoms with van der Waals surface area (Å²) in [5.74, 6) is -0.458.